The molecule has 1 aromatic rings. The van der Waals surface area contributed by atoms with Gasteiger partial charge in [0.15, 0.2) is 0 Å². The lowest BCUT2D eigenvalue weighted by atomic mass is 10.1. The van der Waals surface area contributed by atoms with Gasteiger partial charge >= 0.3 is 0 Å². The molecule has 2 rings (SSSR count). The molecule has 19 heavy (non-hydrogen) atoms. The summed E-state index contributed by atoms with van der Waals surface area (Å²) in [5.41, 5.74) is 1.26. The number of hydrogen-bond donors (Lipinski definition) is 1. The van der Waals surface area contributed by atoms with Crippen molar-refractivity contribution in [1.29, 1.82) is 0 Å². The lowest BCUT2D eigenvalue weighted by molar-refractivity contribution is -0.127. The molecule has 4 heteroatoms. The molecule has 1 amide bonds. The second-order valence-electron chi connectivity index (χ2n) is 5.29. The number of benzene rings is 1. The highest BCUT2D eigenvalue weighted by Crippen LogP contribution is 2.18. The molecule has 0 aromatic heterocycles. The quantitative estimate of drug-likeness (QED) is 0.902. The van der Waals surface area contributed by atoms with Crippen LogP contribution in [-0.4, -0.2) is 29.9 Å². The number of carbonyl (C=O) groups is 1. The van der Waals surface area contributed by atoms with Gasteiger partial charge < -0.3 is 10.2 Å². The van der Waals surface area contributed by atoms with Crippen LogP contribution in [0, 0.1) is 0 Å². The Kier molecular flexibility index (Phi) is 4.99. The minimum Gasteiger partial charge on any atom is -0.341 e. The van der Waals surface area contributed by atoms with Gasteiger partial charge in [-0.25, -0.2) is 0 Å². The number of rotatable bonds is 5. The standard InChI is InChI=1S/C15H21BrN2O/c1-11(10-18-8-4-7-15(18)19)17-12(2)13-5-3-6-14(16)9-13/h3,5-6,9,11-12,17H,4,7-8,10H2,1-2H3. The highest BCUT2D eigenvalue weighted by molar-refractivity contribution is 9.10. The Morgan fingerprint density at radius 3 is 2.84 bits per heavy atom. The van der Waals surface area contributed by atoms with E-state index >= 15 is 0 Å². The summed E-state index contributed by atoms with van der Waals surface area (Å²) < 4.78 is 1.10. The van der Waals surface area contributed by atoms with E-state index < -0.39 is 0 Å². The highest BCUT2D eigenvalue weighted by atomic mass is 79.9. The largest absolute Gasteiger partial charge is 0.341 e. The topological polar surface area (TPSA) is 32.3 Å². The van der Waals surface area contributed by atoms with Gasteiger partial charge in [0.1, 0.15) is 0 Å². The third-order valence-corrected chi connectivity index (χ3v) is 4.04. The van der Waals surface area contributed by atoms with Crippen LogP contribution in [0.15, 0.2) is 28.7 Å². The van der Waals surface area contributed by atoms with Gasteiger partial charge in [0.2, 0.25) is 5.91 Å². The molecule has 0 radical (unpaired) electrons. The highest BCUT2D eigenvalue weighted by Gasteiger charge is 2.22. The van der Waals surface area contributed by atoms with Crippen LogP contribution >= 0.6 is 15.9 Å². The Balaban J connectivity index is 1.87. The monoisotopic (exact) mass is 324 g/mol. The smallest absolute Gasteiger partial charge is 0.222 e. The molecule has 1 aliphatic heterocycles. The molecular formula is C15H21BrN2O. The molecule has 1 aliphatic rings. The SMILES string of the molecule is CC(CN1CCCC1=O)NC(C)c1cccc(Br)c1. The van der Waals surface area contributed by atoms with Crippen molar-refractivity contribution in [3.05, 3.63) is 34.3 Å². The van der Waals surface area contributed by atoms with E-state index in [1.165, 1.54) is 5.56 Å². The maximum atomic E-state index is 11.6. The molecule has 0 bridgehead atoms. The number of amides is 1. The van der Waals surface area contributed by atoms with Gasteiger partial charge in [-0.05, 0) is 38.0 Å². The third-order valence-electron chi connectivity index (χ3n) is 3.55. The maximum absolute atomic E-state index is 11.6. The summed E-state index contributed by atoms with van der Waals surface area (Å²) in [6.07, 6.45) is 1.72. The molecule has 3 nitrogen and oxygen atoms in total. The van der Waals surface area contributed by atoms with Crippen LogP contribution < -0.4 is 5.32 Å². The molecule has 104 valence electrons. The zero-order valence-electron chi connectivity index (χ0n) is 11.5. The van der Waals surface area contributed by atoms with Crippen molar-refractivity contribution in [2.75, 3.05) is 13.1 Å². The lowest BCUT2D eigenvalue weighted by Gasteiger charge is -2.25. The Hall–Kier alpha value is -0.870. The van der Waals surface area contributed by atoms with Crippen LogP contribution in [-0.2, 0) is 4.79 Å². The molecule has 1 aromatic carbocycles. The van der Waals surface area contributed by atoms with Crippen LogP contribution in [0.1, 0.15) is 38.3 Å². The fourth-order valence-corrected chi connectivity index (χ4v) is 3.00. The van der Waals surface area contributed by atoms with E-state index in [9.17, 15) is 4.79 Å². The van der Waals surface area contributed by atoms with Crippen LogP contribution in [0.4, 0.5) is 0 Å². The number of carbonyl (C=O) groups excluding carboxylic acids is 1. The number of halogens is 1. The Labute approximate surface area is 123 Å². The normalized spacial score (nSPS) is 18.7. The lowest BCUT2D eigenvalue weighted by Crippen LogP contribution is -2.40. The second-order valence-corrected chi connectivity index (χ2v) is 6.20. The van der Waals surface area contributed by atoms with E-state index in [-0.39, 0.29) is 6.04 Å². The van der Waals surface area contributed by atoms with Crippen molar-refractivity contribution in [3.63, 3.8) is 0 Å². The molecule has 1 N–H and O–H groups in total. The fraction of sp³-hybridized carbons (Fsp3) is 0.533. The van der Waals surface area contributed by atoms with Crippen molar-refractivity contribution in [1.82, 2.24) is 10.2 Å². The van der Waals surface area contributed by atoms with Crippen LogP contribution in [0.5, 0.6) is 0 Å². The van der Waals surface area contributed by atoms with Crippen molar-refractivity contribution >= 4 is 21.8 Å². The minimum atomic E-state index is 0.283. The van der Waals surface area contributed by atoms with E-state index in [0.29, 0.717) is 18.4 Å². The summed E-state index contributed by atoms with van der Waals surface area (Å²) in [7, 11) is 0. The number of nitrogens with one attached hydrogen (secondary N) is 1. The number of hydrogen-bond acceptors (Lipinski definition) is 2. The minimum absolute atomic E-state index is 0.283. The van der Waals surface area contributed by atoms with E-state index in [0.717, 1.165) is 24.0 Å². The second kappa shape index (κ2) is 6.53. The van der Waals surface area contributed by atoms with E-state index in [4.69, 9.17) is 0 Å². The first-order valence-corrected chi connectivity index (χ1v) is 7.65. The first-order chi connectivity index (χ1) is 9.06. The van der Waals surface area contributed by atoms with Gasteiger partial charge in [0, 0.05) is 36.1 Å². The van der Waals surface area contributed by atoms with Gasteiger partial charge in [0.25, 0.3) is 0 Å². The first kappa shape index (κ1) is 14.5. The average molecular weight is 325 g/mol. The molecular weight excluding hydrogens is 304 g/mol. The van der Waals surface area contributed by atoms with Crippen LogP contribution in [0.25, 0.3) is 0 Å². The van der Waals surface area contributed by atoms with Crippen molar-refractivity contribution in [3.8, 4) is 0 Å². The van der Waals surface area contributed by atoms with Crippen LogP contribution in [0.3, 0.4) is 0 Å². The molecule has 2 unspecified atom stereocenters. The Bertz CT molecular complexity index is 450. The summed E-state index contributed by atoms with van der Waals surface area (Å²) >= 11 is 3.49. The van der Waals surface area contributed by atoms with Gasteiger partial charge in [0.05, 0.1) is 0 Å². The summed E-state index contributed by atoms with van der Waals surface area (Å²) in [5, 5.41) is 3.56. The van der Waals surface area contributed by atoms with Gasteiger partial charge in [-0.3, -0.25) is 4.79 Å². The maximum Gasteiger partial charge on any atom is 0.222 e. The van der Waals surface area contributed by atoms with Crippen molar-refractivity contribution in [2.45, 2.75) is 38.8 Å². The molecule has 1 fully saturated rings. The van der Waals surface area contributed by atoms with E-state index in [1.807, 2.05) is 17.0 Å². The predicted molar refractivity (Wildman–Crippen MR) is 81.0 cm³/mol. The summed E-state index contributed by atoms with van der Waals surface area (Å²) in [6.45, 7) is 6.01. The predicted octanol–water partition coefficient (Wildman–Crippen LogP) is 3.11. The van der Waals surface area contributed by atoms with Gasteiger partial charge in [-0.2, -0.15) is 0 Å². The van der Waals surface area contributed by atoms with Gasteiger partial charge in [-0.1, -0.05) is 28.1 Å². The van der Waals surface area contributed by atoms with Crippen molar-refractivity contribution < 1.29 is 4.79 Å². The zero-order chi connectivity index (χ0) is 13.8. The molecule has 0 spiro atoms. The molecule has 0 saturated carbocycles. The third kappa shape index (κ3) is 4.05. The Morgan fingerprint density at radius 1 is 1.42 bits per heavy atom. The van der Waals surface area contributed by atoms with E-state index in [2.05, 4.69) is 47.2 Å². The fourth-order valence-electron chi connectivity index (χ4n) is 2.58. The number of likely N-dealkylation sites (tertiary alicyclic amines) is 1. The summed E-state index contributed by atoms with van der Waals surface area (Å²) in [6, 6.07) is 8.91. The van der Waals surface area contributed by atoms with E-state index in [1.54, 1.807) is 0 Å². The molecule has 2 atom stereocenters. The first-order valence-electron chi connectivity index (χ1n) is 6.85. The van der Waals surface area contributed by atoms with Crippen LogP contribution in [0.2, 0.25) is 0 Å². The molecule has 0 aliphatic carbocycles. The summed E-state index contributed by atoms with van der Waals surface area (Å²) in [4.78, 5) is 13.6. The Morgan fingerprint density at radius 2 is 2.21 bits per heavy atom. The molecule has 1 saturated heterocycles. The zero-order valence-corrected chi connectivity index (χ0v) is 13.1. The van der Waals surface area contributed by atoms with Gasteiger partial charge in [-0.15, -0.1) is 0 Å². The summed E-state index contributed by atoms with van der Waals surface area (Å²) in [5.74, 6) is 0.295. The van der Waals surface area contributed by atoms with Crippen molar-refractivity contribution in [2.24, 2.45) is 0 Å². The molecule has 1 heterocycles. The average Bonchev–Trinajstić information content (AvgIpc) is 2.75. The number of nitrogens with zero attached hydrogens (tertiary/aromatic N) is 1.